The van der Waals surface area contributed by atoms with Gasteiger partial charge < -0.3 is 10.4 Å². The molecule has 104 valence electrons. The fourth-order valence-corrected chi connectivity index (χ4v) is 3.75. The molecular weight excluding hydrogens is 248 g/mol. The molecule has 2 saturated carbocycles. The molecule has 3 unspecified atom stereocenters. The van der Waals surface area contributed by atoms with Gasteiger partial charge in [-0.1, -0.05) is 6.42 Å². The van der Waals surface area contributed by atoms with E-state index in [0.29, 0.717) is 12.1 Å². The molecule has 19 heavy (non-hydrogen) atoms. The third-order valence-electron chi connectivity index (χ3n) is 4.70. The number of halogens is 2. The van der Waals surface area contributed by atoms with E-state index < -0.39 is 17.4 Å². The highest BCUT2D eigenvalue weighted by Gasteiger charge is 2.38. The van der Waals surface area contributed by atoms with Gasteiger partial charge in [0, 0.05) is 6.54 Å². The van der Waals surface area contributed by atoms with E-state index in [0.717, 1.165) is 24.3 Å². The summed E-state index contributed by atoms with van der Waals surface area (Å²) < 4.78 is 26.3. The van der Waals surface area contributed by atoms with E-state index in [1.165, 1.54) is 37.8 Å². The maximum Gasteiger partial charge on any atom is 0.187 e. The predicted octanol–water partition coefficient (Wildman–Crippen LogP) is 3.20. The molecule has 0 heterocycles. The number of benzene rings is 1. The highest BCUT2D eigenvalue weighted by atomic mass is 19.1. The van der Waals surface area contributed by atoms with Crippen molar-refractivity contribution in [3.05, 3.63) is 29.3 Å². The monoisotopic (exact) mass is 267 g/mol. The zero-order chi connectivity index (χ0) is 13.4. The summed E-state index contributed by atoms with van der Waals surface area (Å²) in [5.74, 6) is -0.179. The van der Waals surface area contributed by atoms with Gasteiger partial charge >= 0.3 is 0 Å². The maximum absolute atomic E-state index is 13.2. The van der Waals surface area contributed by atoms with E-state index in [1.54, 1.807) is 0 Å². The zero-order valence-electron chi connectivity index (χ0n) is 10.8. The molecule has 2 aliphatic rings. The van der Waals surface area contributed by atoms with Crippen LogP contribution in [0.25, 0.3) is 0 Å². The number of fused-ring (bicyclic) bond motifs is 2. The average Bonchev–Trinajstić information content (AvgIpc) is 2.98. The van der Waals surface area contributed by atoms with Crippen molar-refractivity contribution in [2.24, 2.45) is 17.8 Å². The number of hydrogen-bond donors (Lipinski definition) is 2. The molecule has 3 rings (SSSR count). The third kappa shape index (κ3) is 2.59. The van der Waals surface area contributed by atoms with E-state index in [9.17, 15) is 8.78 Å². The van der Waals surface area contributed by atoms with Gasteiger partial charge in [0.1, 0.15) is 0 Å². The van der Waals surface area contributed by atoms with Crippen molar-refractivity contribution in [3.8, 4) is 5.75 Å². The molecule has 2 aliphatic carbocycles. The van der Waals surface area contributed by atoms with Gasteiger partial charge in [-0.15, -0.1) is 0 Å². The summed E-state index contributed by atoms with van der Waals surface area (Å²) in [5.41, 5.74) is 0.538. The Morgan fingerprint density at radius 1 is 1.16 bits per heavy atom. The van der Waals surface area contributed by atoms with E-state index in [-0.39, 0.29) is 0 Å². The molecule has 0 aliphatic heterocycles. The Bertz CT molecular complexity index is 454. The lowest BCUT2D eigenvalue weighted by Gasteiger charge is -2.21. The standard InChI is InChI=1S/C15H19F2NO/c16-13-5-10(6-14(17)15(13)19)7-18-8-12-4-9-1-2-11(12)3-9/h5-6,9,11-12,18-19H,1-4,7-8H2. The largest absolute Gasteiger partial charge is 0.503 e. The van der Waals surface area contributed by atoms with Crippen LogP contribution in [0.15, 0.2) is 12.1 Å². The number of hydrogen-bond acceptors (Lipinski definition) is 2. The first kappa shape index (κ1) is 12.9. The first-order valence-electron chi connectivity index (χ1n) is 7.01. The van der Waals surface area contributed by atoms with Gasteiger partial charge in [-0.2, -0.15) is 0 Å². The molecule has 2 fully saturated rings. The molecule has 2 nitrogen and oxygen atoms in total. The molecule has 4 heteroatoms. The van der Waals surface area contributed by atoms with E-state index in [1.807, 2.05) is 0 Å². The molecule has 0 amide bonds. The van der Waals surface area contributed by atoms with Gasteiger partial charge in [-0.25, -0.2) is 8.78 Å². The summed E-state index contributed by atoms with van der Waals surface area (Å²) in [6.07, 6.45) is 5.40. The highest BCUT2D eigenvalue weighted by molar-refractivity contribution is 5.29. The second-order valence-corrected chi connectivity index (χ2v) is 5.97. The topological polar surface area (TPSA) is 32.3 Å². The van der Waals surface area contributed by atoms with Crippen LogP contribution in [0.5, 0.6) is 5.75 Å². The molecule has 0 aromatic heterocycles. The fraction of sp³-hybridized carbons (Fsp3) is 0.600. The molecule has 0 spiro atoms. The summed E-state index contributed by atoms with van der Waals surface area (Å²) >= 11 is 0. The molecule has 2 N–H and O–H groups in total. The Balaban J connectivity index is 1.52. The van der Waals surface area contributed by atoms with Crippen LogP contribution in [-0.4, -0.2) is 11.7 Å². The van der Waals surface area contributed by atoms with E-state index >= 15 is 0 Å². The summed E-state index contributed by atoms with van der Waals surface area (Å²) in [5, 5.41) is 12.3. The van der Waals surface area contributed by atoms with Crippen LogP contribution in [-0.2, 0) is 6.54 Å². The Labute approximate surface area is 111 Å². The first-order valence-corrected chi connectivity index (χ1v) is 7.01. The Morgan fingerprint density at radius 3 is 2.47 bits per heavy atom. The van der Waals surface area contributed by atoms with Gasteiger partial charge in [0.25, 0.3) is 0 Å². The van der Waals surface area contributed by atoms with Gasteiger partial charge in [-0.3, -0.25) is 0 Å². The normalized spacial score (nSPS) is 29.1. The highest BCUT2D eigenvalue weighted by Crippen LogP contribution is 2.47. The minimum Gasteiger partial charge on any atom is -0.503 e. The van der Waals surface area contributed by atoms with Gasteiger partial charge in [0.2, 0.25) is 0 Å². The van der Waals surface area contributed by atoms with Crippen LogP contribution in [0, 0.1) is 29.4 Å². The molecular formula is C15H19F2NO. The molecule has 3 atom stereocenters. The summed E-state index contributed by atoms with van der Waals surface area (Å²) in [7, 11) is 0. The van der Waals surface area contributed by atoms with Crippen molar-refractivity contribution in [2.75, 3.05) is 6.54 Å². The SMILES string of the molecule is Oc1c(F)cc(CNCC2CC3CCC2C3)cc1F. The number of nitrogens with one attached hydrogen (secondary N) is 1. The average molecular weight is 267 g/mol. The van der Waals surface area contributed by atoms with Crippen molar-refractivity contribution in [2.45, 2.75) is 32.2 Å². The van der Waals surface area contributed by atoms with Crippen LogP contribution in [0.2, 0.25) is 0 Å². The molecule has 2 bridgehead atoms. The number of phenols is 1. The maximum atomic E-state index is 13.2. The first-order chi connectivity index (χ1) is 9.13. The summed E-state index contributed by atoms with van der Waals surface area (Å²) in [6.45, 7) is 1.37. The van der Waals surface area contributed by atoms with Crippen molar-refractivity contribution in [1.29, 1.82) is 0 Å². The van der Waals surface area contributed by atoms with Crippen LogP contribution in [0.4, 0.5) is 8.78 Å². The van der Waals surface area contributed by atoms with Crippen LogP contribution < -0.4 is 5.32 Å². The van der Waals surface area contributed by atoms with Crippen LogP contribution in [0.1, 0.15) is 31.2 Å². The smallest absolute Gasteiger partial charge is 0.187 e. The van der Waals surface area contributed by atoms with Crippen LogP contribution >= 0.6 is 0 Å². The lowest BCUT2D eigenvalue weighted by atomic mass is 9.89. The second-order valence-electron chi connectivity index (χ2n) is 5.97. The lowest BCUT2D eigenvalue weighted by molar-refractivity contribution is 0.318. The van der Waals surface area contributed by atoms with Crippen molar-refractivity contribution < 1.29 is 13.9 Å². The second kappa shape index (κ2) is 5.08. The Hall–Kier alpha value is -1.16. The minimum atomic E-state index is -0.892. The van der Waals surface area contributed by atoms with Crippen molar-refractivity contribution in [1.82, 2.24) is 5.32 Å². The molecule has 0 saturated heterocycles. The predicted molar refractivity (Wildman–Crippen MR) is 68.7 cm³/mol. The summed E-state index contributed by atoms with van der Waals surface area (Å²) in [6, 6.07) is 2.37. The number of rotatable bonds is 4. The van der Waals surface area contributed by atoms with E-state index in [4.69, 9.17) is 5.11 Å². The van der Waals surface area contributed by atoms with E-state index in [2.05, 4.69) is 5.32 Å². The number of phenolic OH excluding ortho intramolecular Hbond substituents is 1. The lowest BCUT2D eigenvalue weighted by Crippen LogP contribution is -2.26. The zero-order valence-corrected chi connectivity index (χ0v) is 10.8. The Kier molecular flexibility index (Phi) is 3.44. The fourth-order valence-electron chi connectivity index (χ4n) is 3.75. The molecule has 1 aromatic rings. The molecule has 0 radical (unpaired) electrons. The van der Waals surface area contributed by atoms with Crippen LogP contribution in [0.3, 0.4) is 0 Å². The third-order valence-corrected chi connectivity index (χ3v) is 4.70. The molecule has 1 aromatic carbocycles. The Morgan fingerprint density at radius 2 is 1.89 bits per heavy atom. The quantitative estimate of drug-likeness (QED) is 0.878. The minimum absolute atomic E-state index is 0.446. The van der Waals surface area contributed by atoms with Gasteiger partial charge in [0.05, 0.1) is 0 Å². The van der Waals surface area contributed by atoms with Crippen molar-refractivity contribution in [3.63, 3.8) is 0 Å². The summed E-state index contributed by atoms with van der Waals surface area (Å²) in [4.78, 5) is 0. The van der Waals surface area contributed by atoms with Gasteiger partial charge in [-0.05, 0) is 61.3 Å². The van der Waals surface area contributed by atoms with Crippen molar-refractivity contribution >= 4 is 0 Å². The van der Waals surface area contributed by atoms with Gasteiger partial charge in [0.15, 0.2) is 17.4 Å². The number of aromatic hydroxyl groups is 1.